The molecule has 4 rings (SSSR count). The van der Waals surface area contributed by atoms with Gasteiger partial charge in [0.05, 0.1) is 19.8 Å². The van der Waals surface area contributed by atoms with Gasteiger partial charge in [-0.3, -0.25) is 0 Å². The number of carbonyl (C=O) groups is 1. The molecule has 1 fully saturated rings. The molecule has 5 N–H and O–H groups in total. The summed E-state index contributed by atoms with van der Waals surface area (Å²) in [7, 11) is 2.58. The maximum atomic E-state index is 12.5. The van der Waals surface area contributed by atoms with Crippen LogP contribution in [0.15, 0.2) is 45.6 Å². The molecular formula is C24H24O13. The minimum Gasteiger partial charge on any atom is -0.504 e. The van der Waals surface area contributed by atoms with Crippen molar-refractivity contribution in [2.45, 2.75) is 30.7 Å². The minimum atomic E-state index is -1.82. The van der Waals surface area contributed by atoms with E-state index in [1.54, 1.807) is 0 Å². The van der Waals surface area contributed by atoms with Gasteiger partial charge < -0.3 is 53.6 Å². The Balaban J connectivity index is 1.56. The topological polar surface area (TPSA) is 195 Å². The Kier molecular flexibility index (Phi) is 7.40. The molecule has 3 aromatic rings. The van der Waals surface area contributed by atoms with Crippen molar-refractivity contribution in [3.05, 3.63) is 52.4 Å². The molecule has 0 bridgehead atoms. The van der Waals surface area contributed by atoms with Gasteiger partial charge >= 0.3 is 11.6 Å². The number of fused-ring (bicyclic) bond motifs is 1. The van der Waals surface area contributed by atoms with E-state index in [0.717, 1.165) is 6.07 Å². The van der Waals surface area contributed by atoms with E-state index >= 15 is 0 Å². The molecule has 2 heterocycles. The highest BCUT2D eigenvalue weighted by molar-refractivity contribution is 5.90. The second kappa shape index (κ2) is 10.5. The number of benzene rings is 2. The molecule has 198 valence electrons. The summed E-state index contributed by atoms with van der Waals surface area (Å²) in [4.78, 5) is 24.2. The first kappa shape index (κ1) is 26.0. The largest absolute Gasteiger partial charge is 0.504 e. The van der Waals surface area contributed by atoms with E-state index in [0.29, 0.717) is 5.39 Å². The Labute approximate surface area is 208 Å². The summed E-state index contributed by atoms with van der Waals surface area (Å²) >= 11 is 0. The number of aromatic hydroxyl groups is 2. The van der Waals surface area contributed by atoms with Gasteiger partial charge in [0.25, 0.3) is 0 Å². The number of esters is 1. The van der Waals surface area contributed by atoms with Gasteiger partial charge in [0.15, 0.2) is 22.8 Å². The van der Waals surface area contributed by atoms with E-state index in [1.807, 2.05) is 0 Å². The Hall–Kier alpha value is -4.04. The molecule has 1 aliphatic rings. The highest BCUT2D eigenvalue weighted by atomic mass is 16.7. The number of hydrogen-bond donors (Lipinski definition) is 5. The van der Waals surface area contributed by atoms with E-state index in [4.69, 9.17) is 28.1 Å². The fraction of sp³-hybridized carbons (Fsp3) is 0.333. The zero-order valence-corrected chi connectivity index (χ0v) is 19.6. The summed E-state index contributed by atoms with van der Waals surface area (Å²) in [6, 6.07) is 7.68. The van der Waals surface area contributed by atoms with E-state index in [1.165, 1.54) is 44.6 Å². The van der Waals surface area contributed by atoms with Crippen molar-refractivity contribution in [3.8, 4) is 28.7 Å². The molecule has 0 aliphatic carbocycles. The molecule has 0 spiro atoms. The highest BCUT2D eigenvalue weighted by Gasteiger charge is 2.46. The maximum absolute atomic E-state index is 12.5. The third-order valence-corrected chi connectivity index (χ3v) is 5.72. The number of phenols is 2. The van der Waals surface area contributed by atoms with Crippen LogP contribution in [0.4, 0.5) is 0 Å². The Bertz CT molecular complexity index is 1350. The van der Waals surface area contributed by atoms with Crippen molar-refractivity contribution < 1.29 is 58.4 Å². The number of methoxy groups -OCH3 is 2. The van der Waals surface area contributed by atoms with Crippen LogP contribution < -0.4 is 19.8 Å². The maximum Gasteiger partial charge on any atom is 0.338 e. The fourth-order valence-corrected chi connectivity index (χ4v) is 3.73. The van der Waals surface area contributed by atoms with Crippen molar-refractivity contribution >= 4 is 16.9 Å². The zero-order valence-electron chi connectivity index (χ0n) is 19.6. The normalized spacial score (nSPS) is 23.4. The molecule has 1 aromatic heterocycles. The second-order valence-corrected chi connectivity index (χ2v) is 8.05. The number of hydrogen-bond acceptors (Lipinski definition) is 13. The Morgan fingerprint density at radius 1 is 0.946 bits per heavy atom. The lowest BCUT2D eigenvalue weighted by molar-refractivity contribution is -0.277. The first-order valence-electron chi connectivity index (χ1n) is 10.9. The predicted octanol–water partition coefficient (Wildman–Crippen LogP) is 0.265. The number of aliphatic hydroxyl groups excluding tert-OH is 3. The number of rotatable bonds is 7. The van der Waals surface area contributed by atoms with Crippen molar-refractivity contribution in [1.29, 1.82) is 0 Å². The molecule has 0 radical (unpaired) electrons. The van der Waals surface area contributed by atoms with Crippen molar-refractivity contribution in [1.82, 2.24) is 0 Å². The molecule has 1 saturated heterocycles. The lowest BCUT2D eigenvalue weighted by Gasteiger charge is -2.39. The van der Waals surface area contributed by atoms with Crippen LogP contribution in [0, 0.1) is 0 Å². The van der Waals surface area contributed by atoms with Gasteiger partial charge in [0.2, 0.25) is 17.8 Å². The minimum absolute atomic E-state index is 0.0242. The number of ether oxygens (including phenoxy) is 5. The summed E-state index contributed by atoms with van der Waals surface area (Å²) in [6.07, 6.45) is -8.40. The monoisotopic (exact) mass is 520 g/mol. The van der Waals surface area contributed by atoms with E-state index in [-0.39, 0.29) is 28.4 Å². The van der Waals surface area contributed by atoms with Crippen LogP contribution in [0.5, 0.6) is 28.7 Å². The summed E-state index contributed by atoms with van der Waals surface area (Å²) in [5.41, 5.74) is -0.916. The smallest absolute Gasteiger partial charge is 0.338 e. The highest BCUT2D eigenvalue weighted by Crippen LogP contribution is 2.43. The third-order valence-electron chi connectivity index (χ3n) is 5.72. The molecule has 5 atom stereocenters. The first-order chi connectivity index (χ1) is 17.6. The van der Waals surface area contributed by atoms with Crippen LogP contribution in [-0.4, -0.2) is 83.0 Å². The lowest BCUT2D eigenvalue weighted by Crippen LogP contribution is -2.60. The van der Waals surface area contributed by atoms with Crippen LogP contribution >= 0.6 is 0 Å². The molecule has 0 unspecified atom stereocenters. The summed E-state index contributed by atoms with van der Waals surface area (Å²) < 4.78 is 31.5. The van der Waals surface area contributed by atoms with Gasteiger partial charge in [-0.25, -0.2) is 9.59 Å². The predicted molar refractivity (Wildman–Crippen MR) is 123 cm³/mol. The molecule has 0 saturated carbocycles. The van der Waals surface area contributed by atoms with Gasteiger partial charge in [0, 0.05) is 11.5 Å². The van der Waals surface area contributed by atoms with Crippen LogP contribution in [0.3, 0.4) is 0 Å². The molecule has 0 amide bonds. The molecular weight excluding hydrogens is 496 g/mol. The third kappa shape index (κ3) is 5.11. The number of phenolic OH excluding ortho intramolecular Hbond substituents is 2. The molecule has 2 aromatic carbocycles. The molecule has 13 heteroatoms. The average Bonchev–Trinajstić information content (AvgIpc) is 2.89. The summed E-state index contributed by atoms with van der Waals surface area (Å²) in [5, 5.41) is 51.8. The zero-order chi connectivity index (χ0) is 26.9. The van der Waals surface area contributed by atoms with E-state index in [9.17, 15) is 35.1 Å². The quantitative estimate of drug-likeness (QED) is 0.211. The second-order valence-electron chi connectivity index (χ2n) is 8.05. The van der Waals surface area contributed by atoms with Crippen LogP contribution in [0.1, 0.15) is 10.4 Å². The Morgan fingerprint density at radius 3 is 2.38 bits per heavy atom. The van der Waals surface area contributed by atoms with Gasteiger partial charge in [0.1, 0.15) is 31.0 Å². The average molecular weight is 520 g/mol. The van der Waals surface area contributed by atoms with Crippen molar-refractivity contribution in [3.63, 3.8) is 0 Å². The van der Waals surface area contributed by atoms with Gasteiger partial charge in [-0.15, -0.1) is 0 Å². The van der Waals surface area contributed by atoms with Gasteiger partial charge in [-0.05, 0) is 30.3 Å². The lowest BCUT2D eigenvalue weighted by atomic mass is 9.99. The van der Waals surface area contributed by atoms with E-state index < -0.39 is 60.4 Å². The Morgan fingerprint density at radius 2 is 1.68 bits per heavy atom. The van der Waals surface area contributed by atoms with Gasteiger partial charge in [-0.2, -0.15) is 0 Å². The van der Waals surface area contributed by atoms with Crippen LogP contribution in [-0.2, 0) is 9.47 Å². The van der Waals surface area contributed by atoms with Gasteiger partial charge in [-0.1, -0.05) is 0 Å². The SMILES string of the molecule is COc1cc(C(=O)OC[C@H]2O[C@@H](Oc3c(O)c(OC)cc4ccc(=O)oc34)[C@H](O)[C@@H](O)[C@@H]2O)ccc1O. The summed E-state index contributed by atoms with van der Waals surface area (Å²) in [6.45, 7) is -0.577. The fourth-order valence-electron chi connectivity index (χ4n) is 3.73. The molecule has 13 nitrogen and oxygen atoms in total. The van der Waals surface area contributed by atoms with Crippen molar-refractivity contribution in [2.24, 2.45) is 0 Å². The standard InChI is InChI=1S/C24H24O13/c1-32-13-8-11(3-5-12(13)25)23(31)34-9-15-17(27)19(29)20(30)24(35-15)37-22-18(28)14(33-2)7-10-4-6-16(26)36-21(10)22/h3-8,15,17,19-20,24-25,27-30H,9H2,1-2H3/t15-,17-,19+,20-,24+/m1/s1. The first-order valence-corrected chi connectivity index (χ1v) is 10.9. The van der Waals surface area contributed by atoms with Crippen LogP contribution in [0.25, 0.3) is 11.0 Å². The van der Waals surface area contributed by atoms with E-state index in [2.05, 4.69) is 0 Å². The molecule has 1 aliphatic heterocycles. The number of aliphatic hydroxyl groups is 3. The molecule has 37 heavy (non-hydrogen) atoms. The van der Waals surface area contributed by atoms with Crippen molar-refractivity contribution in [2.75, 3.05) is 20.8 Å². The summed E-state index contributed by atoms with van der Waals surface area (Å²) in [5.74, 6) is -2.06. The van der Waals surface area contributed by atoms with Crippen LogP contribution in [0.2, 0.25) is 0 Å². The number of carbonyl (C=O) groups excluding carboxylic acids is 1.